The van der Waals surface area contributed by atoms with Crippen LogP contribution in [0.4, 0.5) is 25.2 Å². The SMILES string of the molecule is CCCCn1cc[n+](Cn2cccn2)c1.F[P-](F)(F)(F)(F)F. The Morgan fingerprint density at radius 3 is 2.23 bits per heavy atom. The molecule has 0 N–H and O–H groups in total. The first-order chi connectivity index (χ1) is 9.83. The second-order valence-electron chi connectivity index (χ2n) is 4.66. The number of nitrogens with zero attached hydrogens (tertiary/aromatic N) is 4. The van der Waals surface area contributed by atoms with Crippen molar-refractivity contribution in [3.63, 3.8) is 0 Å². The van der Waals surface area contributed by atoms with Gasteiger partial charge in [0.25, 0.3) is 0 Å². The van der Waals surface area contributed by atoms with Crippen molar-refractivity contribution in [1.29, 1.82) is 0 Å². The number of rotatable bonds is 5. The van der Waals surface area contributed by atoms with Crippen molar-refractivity contribution in [2.45, 2.75) is 33.0 Å². The summed E-state index contributed by atoms with van der Waals surface area (Å²) in [4.78, 5) is 0. The van der Waals surface area contributed by atoms with Crippen LogP contribution in [0, 0.1) is 0 Å². The molecule has 0 aliphatic heterocycles. The molecular weight excluding hydrogens is 333 g/mol. The molecule has 128 valence electrons. The number of aromatic nitrogens is 4. The maximum absolute atomic E-state index is 10.7. The van der Waals surface area contributed by atoms with Gasteiger partial charge >= 0.3 is 33.0 Å². The molecule has 2 aromatic rings. The Balaban J connectivity index is 0.000000295. The van der Waals surface area contributed by atoms with Crippen LogP contribution < -0.4 is 4.57 Å². The number of aryl methyl sites for hydroxylation is 1. The third-order valence-corrected chi connectivity index (χ3v) is 2.38. The van der Waals surface area contributed by atoms with Gasteiger partial charge in [0.2, 0.25) is 6.33 Å². The Kier molecular flexibility index (Phi) is 4.96. The van der Waals surface area contributed by atoms with Crippen LogP contribution >= 0.6 is 7.81 Å². The number of halogens is 6. The van der Waals surface area contributed by atoms with Crippen molar-refractivity contribution >= 4 is 7.81 Å². The van der Waals surface area contributed by atoms with Gasteiger partial charge in [-0.1, -0.05) is 13.3 Å². The monoisotopic (exact) mass is 350 g/mol. The van der Waals surface area contributed by atoms with E-state index in [1.165, 1.54) is 12.8 Å². The Hall–Kier alpha value is -1.57. The molecule has 11 heteroatoms. The average Bonchev–Trinajstić information content (AvgIpc) is 2.94. The summed E-state index contributed by atoms with van der Waals surface area (Å²) in [5.74, 6) is 0. The molecule has 22 heavy (non-hydrogen) atoms. The predicted octanol–water partition coefficient (Wildman–Crippen LogP) is 4.66. The summed E-state index contributed by atoms with van der Waals surface area (Å²) in [5, 5.41) is 4.17. The van der Waals surface area contributed by atoms with Gasteiger partial charge in [0.15, 0.2) is 6.67 Å². The molecule has 0 radical (unpaired) electrons. The molecule has 4 nitrogen and oxygen atoms in total. The second-order valence-corrected chi connectivity index (χ2v) is 6.58. The first-order valence-electron chi connectivity index (χ1n) is 6.42. The normalized spacial score (nSPS) is 14.7. The Morgan fingerprint density at radius 1 is 1.09 bits per heavy atom. The Bertz CT molecular complexity index is 563. The van der Waals surface area contributed by atoms with Gasteiger partial charge in [0.05, 0.1) is 6.54 Å². The minimum atomic E-state index is -10.7. The van der Waals surface area contributed by atoms with Crippen LogP contribution in [0.3, 0.4) is 0 Å². The summed E-state index contributed by atoms with van der Waals surface area (Å²) in [6.07, 6.45) is 12.5. The summed E-state index contributed by atoms with van der Waals surface area (Å²) < 4.78 is 65.4. The molecule has 0 saturated heterocycles. The standard InChI is InChI=1S/C11H17N4.F6P/c1-2-3-6-13-8-9-14(10-13)11-15-7-4-5-12-15;1-7(2,3,4,5)6/h4-5,7-10H,2-3,6,11H2,1H3;/q+1;-1. The van der Waals surface area contributed by atoms with Crippen molar-refractivity contribution in [1.82, 2.24) is 14.3 Å². The van der Waals surface area contributed by atoms with E-state index in [1.54, 1.807) is 6.20 Å². The van der Waals surface area contributed by atoms with Gasteiger partial charge in [0, 0.05) is 12.4 Å². The van der Waals surface area contributed by atoms with Gasteiger partial charge in [0.1, 0.15) is 12.4 Å². The number of unbranched alkanes of at least 4 members (excludes halogenated alkanes) is 1. The number of hydrogen-bond acceptors (Lipinski definition) is 1. The number of imidazole rings is 1. The molecule has 0 saturated carbocycles. The van der Waals surface area contributed by atoms with Gasteiger partial charge in [-0.25, -0.2) is 13.8 Å². The van der Waals surface area contributed by atoms with E-state index in [4.69, 9.17) is 0 Å². The molecule has 0 amide bonds. The van der Waals surface area contributed by atoms with Crippen molar-refractivity contribution in [2.75, 3.05) is 0 Å². The fourth-order valence-corrected chi connectivity index (χ4v) is 1.55. The topological polar surface area (TPSA) is 26.6 Å². The molecule has 0 fully saturated rings. The van der Waals surface area contributed by atoms with Gasteiger partial charge in [-0.2, -0.15) is 5.10 Å². The summed E-state index contributed by atoms with van der Waals surface area (Å²) in [6.45, 7) is 4.09. The van der Waals surface area contributed by atoms with Crippen molar-refractivity contribution in [2.24, 2.45) is 0 Å². The quantitative estimate of drug-likeness (QED) is 0.438. The number of hydrogen-bond donors (Lipinski definition) is 0. The summed E-state index contributed by atoms with van der Waals surface area (Å²) in [5.41, 5.74) is 0. The van der Waals surface area contributed by atoms with Crippen molar-refractivity contribution < 1.29 is 29.7 Å². The fraction of sp³-hybridized carbons (Fsp3) is 0.455. The van der Waals surface area contributed by atoms with Crippen LogP contribution in [-0.4, -0.2) is 14.3 Å². The summed E-state index contributed by atoms with van der Waals surface area (Å²) >= 11 is 0. The molecule has 0 spiro atoms. The Morgan fingerprint density at radius 2 is 1.73 bits per heavy atom. The van der Waals surface area contributed by atoms with E-state index in [0.717, 1.165) is 13.2 Å². The van der Waals surface area contributed by atoms with E-state index in [2.05, 4.69) is 39.9 Å². The molecule has 2 aromatic heterocycles. The van der Waals surface area contributed by atoms with Crippen LogP contribution in [0.5, 0.6) is 0 Å². The molecule has 0 unspecified atom stereocenters. The van der Waals surface area contributed by atoms with Gasteiger partial charge in [-0.3, -0.25) is 0 Å². The van der Waals surface area contributed by atoms with Gasteiger partial charge in [-0.15, -0.1) is 0 Å². The van der Waals surface area contributed by atoms with Gasteiger partial charge in [-0.05, 0) is 12.5 Å². The van der Waals surface area contributed by atoms with E-state index in [9.17, 15) is 25.2 Å². The average molecular weight is 350 g/mol. The zero-order chi connectivity index (χ0) is 16.9. The zero-order valence-corrected chi connectivity index (χ0v) is 12.7. The van der Waals surface area contributed by atoms with Crippen molar-refractivity contribution in [3.05, 3.63) is 37.2 Å². The minimum absolute atomic E-state index is 0.784. The van der Waals surface area contributed by atoms with Crippen LogP contribution in [0.1, 0.15) is 19.8 Å². The van der Waals surface area contributed by atoms with E-state index < -0.39 is 7.81 Å². The first kappa shape index (κ1) is 18.5. The van der Waals surface area contributed by atoms with Crippen LogP contribution in [0.15, 0.2) is 37.2 Å². The molecule has 0 bridgehead atoms. The van der Waals surface area contributed by atoms with Crippen LogP contribution in [0.2, 0.25) is 0 Å². The maximum atomic E-state index is 9.87. The van der Waals surface area contributed by atoms with Crippen molar-refractivity contribution in [3.8, 4) is 0 Å². The molecule has 2 heterocycles. The zero-order valence-electron chi connectivity index (χ0n) is 11.8. The summed E-state index contributed by atoms with van der Waals surface area (Å²) in [7, 11) is -10.7. The van der Waals surface area contributed by atoms with Gasteiger partial charge < -0.3 is 0 Å². The van der Waals surface area contributed by atoms with E-state index in [1.807, 2.05) is 16.9 Å². The van der Waals surface area contributed by atoms with E-state index in [0.29, 0.717) is 0 Å². The van der Waals surface area contributed by atoms with Crippen LogP contribution in [-0.2, 0) is 13.2 Å². The molecule has 0 aliphatic carbocycles. The van der Waals surface area contributed by atoms with E-state index >= 15 is 0 Å². The molecule has 0 aliphatic rings. The first-order valence-corrected chi connectivity index (χ1v) is 8.45. The molecular formula is C11H17F6N4P. The predicted molar refractivity (Wildman–Crippen MR) is 70.7 cm³/mol. The Labute approximate surface area is 123 Å². The molecule has 2 rings (SSSR count). The fourth-order valence-electron chi connectivity index (χ4n) is 1.55. The third kappa shape index (κ3) is 11.1. The molecule has 0 atom stereocenters. The summed E-state index contributed by atoms with van der Waals surface area (Å²) in [6, 6.07) is 1.94. The molecule has 0 aromatic carbocycles. The second kappa shape index (κ2) is 5.91. The van der Waals surface area contributed by atoms with E-state index in [-0.39, 0.29) is 0 Å². The van der Waals surface area contributed by atoms with Crippen LogP contribution in [0.25, 0.3) is 0 Å². The third-order valence-electron chi connectivity index (χ3n) is 2.38.